The van der Waals surface area contributed by atoms with Crippen LogP contribution in [0.1, 0.15) is 40.5 Å². The Morgan fingerprint density at radius 3 is 2.84 bits per heavy atom. The average molecular weight is 268 g/mol. The summed E-state index contributed by atoms with van der Waals surface area (Å²) in [5.41, 5.74) is -0.435. The minimum atomic E-state index is -1.35. The zero-order valence-electron chi connectivity index (χ0n) is 11.8. The number of esters is 1. The smallest absolute Gasteiger partial charge is 0.360 e. The summed E-state index contributed by atoms with van der Waals surface area (Å²) in [6.07, 6.45) is 1.18. The maximum Gasteiger partial charge on any atom is 0.360 e. The molecule has 2 rings (SSSR count). The summed E-state index contributed by atoms with van der Waals surface area (Å²) in [7, 11) is 0. The predicted octanol–water partition coefficient (Wildman–Crippen LogP) is 1.96. The van der Waals surface area contributed by atoms with Gasteiger partial charge in [0.05, 0.1) is 18.2 Å². The van der Waals surface area contributed by atoms with E-state index in [4.69, 9.17) is 14.8 Å². The second-order valence-corrected chi connectivity index (χ2v) is 5.91. The maximum atomic E-state index is 12.3. The van der Waals surface area contributed by atoms with Crippen molar-refractivity contribution in [3.05, 3.63) is 0 Å². The van der Waals surface area contributed by atoms with Crippen LogP contribution in [-0.2, 0) is 14.4 Å². The highest BCUT2D eigenvalue weighted by Crippen LogP contribution is 2.46. The van der Waals surface area contributed by atoms with E-state index in [1.165, 1.54) is 0 Å². The van der Waals surface area contributed by atoms with E-state index in [0.717, 1.165) is 5.71 Å². The fraction of sp³-hybridized carbons (Fsp3) is 0.769. The van der Waals surface area contributed by atoms with Crippen molar-refractivity contribution in [2.24, 2.45) is 21.6 Å². The summed E-state index contributed by atoms with van der Waals surface area (Å²) >= 11 is 0. The Labute approximate surface area is 112 Å². The molecule has 0 bridgehead atoms. The molecule has 106 valence electrons. The van der Waals surface area contributed by atoms with Gasteiger partial charge in [-0.15, -0.1) is 0 Å². The van der Waals surface area contributed by atoms with Gasteiger partial charge in [-0.25, -0.2) is 4.79 Å². The van der Waals surface area contributed by atoms with E-state index in [9.17, 15) is 4.79 Å². The van der Waals surface area contributed by atoms with Gasteiger partial charge in [0.2, 0.25) is 0 Å². The van der Waals surface area contributed by atoms with Gasteiger partial charge in [0, 0.05) is 5.41 Å². The number of oxime groups is 2. The van der Waals surface area contributed by atoms with Crippen LogP contribution < -0.4 is 0 Å². The summed E-state index contributed by atoms with van der Waals surface area (Å²) in [6.45, 7) is 8.04. The van der Waals surface area contributed by atoms with Crippen LogP contribution in [0.4, 0.5) is 0 Å². The van der Waals surface area contributed by atoms with E-state index in [1.807, 2.05) is 20.8 Å². The van der Waals surface area contributed by atoms with E-state index in [1.54, 1.807) is 6.92 Å². The van der Waals surface area contributed by atoms with Crippen molar-refractivity contribution in [3.8, 4) is 0 Å². The Morgan fingerprint density at radius 1 is 1.63 bits per heavy atom. The van der Waals surface area contributed by atoms with Gasteiger partial charge < -0.3 is 14.8 Å². The lowest BCUT2D eigenvalue weighted by Crippen LogP contribution is -2.51. The van der Waals surface area contributed by atoms with E-state index in [0.29, 0.717) is 18.6 Å². The summed E-state index contributed by atoms with van der Waals surface area (Å²) < 4.78 is 5.09. The van der Waals surface area contributed by atoms with Gasteiger partial charge in [0.15, 0.2) is 0 Å². The SMILES string of the molecule is CCOC(=O)C12ON=C(C(C)(C)C)C1CC/C2=N\O. The molecular weight excluding hydrogens is 248 g/mol. The fourth-order valence-corrected chi connectivity index (χ4v) is 2.82. The van der Waals surface area contributed by atoms with Crippen molar-refractivity contribution in [1.82, 2.24) is 0 Å². The molecule has 1 fully saturated rings. The third-order valence-electron chi connectivity index (χ3n) is 3.68. The molecule has 1 saturated carbocycles. The van der Waals surface area contributed by atoms with Crippen LogP contribution in [-0.4, -0.2) is 34.8 Å². The van der Waals surface area contributed by atoms with E-state index in [-0.39, 0.29) is 17.9 Å². The molecule has 0 amide bonds. The standard InChI is InChI=1S/C13H20N2O4/c1-5-18-11(16)13-8(6-7-9(13)14-17)10(15-19-13)12(2,3)4/h8,17H,5-7H2,1-4H3/b14-9+. The van der Waals surface area contributed by atoms with Crippen LogP contribution in [0.3, 0.4) is 0 Å². The molecule has 1 heterocycles. The summed E-state index contributed by atoms with van der Waals surface area (Å²) in [6, 6.07) is 0. The Morgan fingerprint density at radius 2 is 2.32 bits per heavy atom. The first-order valence-corrected chi connectivity index (χ1v) is 6.53. The third-order valence-corrected chi connectivity index (χ3v) is 3.68. The van der Waals surface area contributed by atoms with Crippen LogP contribution >= 0.6 is 0 Å². The van der Waals surface area contributed by atoms with Crippen molar-refractivity contribution in [2.45, 2.75) is 46.1 Å². The van der Waals surface area contributed by atoms with Crippen LogP contribution in [0.2, 0.25) is 0 Å². The second kappa shape index (κ2) is 4.51. The number of carbonyl (C=O) groups excluding carboxylic acids is 1. The van der Waals surface area contributed by atoms with Crippen molar-refractivity contribution in [2.75, 3.05) is 6.61 Å². The molecule has 1 N–H and O–H groups in total. The van der Waals surface area contributed by atoms with Crippen LogP contribution in [0.15, 0.2) is 10.3 Å². The van der Waals surface area contributed by atoms with Crippen molar-refractivity contribution >= 4 is 17.4 Å². The first-order chi connectivity index (χ1) is 8.87. The molecule has 1 aliphatic carbocycles. The zero-order chi connectivity index (χ0) is 14.3. The average Bonchev–Trinajstić information content (AvgIpc) is 2.84. The minimum absolute atomic E-state index is 0.205. The summed E-state index contributed by atoms with van der Waals surface area (Å²) in [5, 5.41) is 16.5. The highest BCUT2D eigenvalue weighted by molar-refractivity contribution is 6.17. The number of hydrogen-bond acceptors (Lipinski definition) is 6. The molecule has 0 radical (unpaired) electrons. The van der Waals surface area contributed by atoms with E-state index in [2.05, 4.69) is 10.3 Å². The van der Waals surface area contributed by atoms with E-state index >= 15 is 0 Å². The zero-order valence-corrected chi connectivity index (χ0v) is 11.8. The molecule has 2 aliphatic rings. The van der Waals surface area contributed by atoms with Gasteiger partial charge >= 0.3 is 5.97 Å². The Hall–Kier alpha value is -1.59. The molecule has 6 heteroatoms. The van der Waals surface area contributed by atoms with Crippen LogP contribution in [0.25, 0.3) is 0 Å². The van der Waals surface area contributed by atoms with Gasteiger partial charge in [-0.3, -0.25) is 0 Å². The van der Waals surface area contributed by atoms with Crippen molar-refractivity contribution < 1.29 is 19.6 Å². The first kappa shape index (κ1) is 13.8. The lowest BCUT2D eigenvalue weighted by molar-refractivity contribution is -0.163. The quantitative estimate of drug-likeness (QED) is 0.471. The van der Waals surface area contributed by atoms with E-state index < -0.39 is 11.6 Å². The third kappa shape index (κ3) is 1.89. The highest BCUT2D eigenvalue weighted by Gasteiger charge is 2.64. The van der Waals surface area contributed by atoms with Crippen molar-refractivity contribution in [3.63, 3.8) is 0 Å². The summed E-state index contributed by atoms with van der Waals surface area (Å²) in [4.78, 5) is 17.7. The number of nitrogens with zero attached hydrogens (tertiary/aromatic N) is 2. The molecule has 0 aromatic heterocycles. The Bertz CT molecular complexity index is 450. The molecule has 0 saturated heterocycles. The molecular formula is C13H20N2O4. The molecule has 2 atom stereocenters. The monoisotopic (exact) mass is 268 g/mol. The van der Waals surface area contributed by atoms with Gasteiger partial charge in [0.25, 0.3) is 5.60 Å². The van der Waals surface area contributed by atoms with Crippen LogP contribution in [0, 0.1) is 11.3 Å². The predicted molar refractivity (Wildman–Crippen MR) is 69.3 cm³/mol. The number of rotatable bonds is 2. The van der Waals surface area contributed by atoms with Gasteiger partial charge in [-0.2, -0.15) is 0 Å². The van der Waals surface area contributed by atoms with Gasteiger partial charge in [-0.05, 0) is 19.8 Å². The largest absolute Gasteiger partial charge is 0.463 e. The molecule has 0 aromatic carbocycles. The maximum absolute atomic E-state index is 12.3. The van der Waals surface area contributed by atoms with Crippen molar-refractivity contribution in [1.29, 1.82) is 0 Å². The molecule has 0 aromatic rings. The molecule has 1 aliphatic heterocycles. The molecule has 0 spiro atoms. The molecule has 6 nitrogen and oxygen atoms in total. The molecule has 2 unspecified atom stereocenters. The number of hydrogen-bond donors (Lipinski definition) is 1. The highest BCUT2D eigenvalue weighted by atomic mass is 16.7. The lowest BCUT2D eigenvalue weighted by Gasteiger charge is -2.27. The normalized spacial score (nSPS) is 31.9. The fourth-order valence-electron chi connectivity index (χ4n) is 2.82. The second-order valence-electron chi connectivity index (χ2n) is 5.91. The summed E-state index contributed by atoms with van der Waals surface area (Å²) in [5.74, 6) is -0.731. The van der Waals surface area contributed by atoms with Gasteiger partial charge in [0.1, 0.15) is 5.71 Å². The minimum Gasteiger partial charge on any atom is -0.463 e. The Kier molecular flexibility index (Phi) is 3.28. The lowest BCUT2D eigenvalue weighted by atomic mass is 9.76. The van der Waals surface area contributed by atoms with Gasteiger partial charge in [-0.1, -0.05) is 31.1 Å². The van der Waals surface area contributed by atoms with Crippen LogP contribution in [0.5, 0.6) is 0 Å². The Balaban J connectivity index is 2.41. The number of ether oxygens (including phenoxy) is 1. The number of fused-ring (bicyclic) bond motifs is 1. The topological polar surface area (TPSA) is 80.5 Å². The molecule has 19 heavy (non-hydrogen) atoms. The first-order valence-electron chi connectivity index (χ1n) is 6.53. The number of carbonyl (C=O) groups is 1.